The summed E-state index contributed by atoms with van der Waals surface area (Å²) < 4.78 is 7.71. The highest BCUT2D eigenvalue weighted by Gasteiger charge is 2.15. The summed E-state index contributed by atoms with van der Waals surface area (Å²) in [5.41, 5.74) is 3.12. The first-order valence-electron chi connectivity index (χ1n) is 9.89. The monoisotopic (exact) mass is 606 g/mol. The predicted octanol–water partition coefficient (Wildman–Crippen LogP) is 8.05. The third kappa shape index (κ3) is 6.61. The van der Waals surface area contributed by atoms with Crippen LogP contribution in [0.3, 0.4) is 0 Å². The predicted molar refractivity (Wildman–Crippen MR) is 141 cm³/mol. The molecule has 3 rings (SSSR count). The normalized spacial score (nSPS) is 11.1. The van der Waals surface area contributed by atoms with Crippen molar-refractivity contribution in [3.63, 3.8) is 0 Å². The topological polar surface area (TPSA) is 62.1 Å². The molecule has 1 N–H and O–H groups in total. The Balaban J connectivity index is 1.92. The van der Waals surface area contributed by atoms with Crippen molar-refractivity contribution in [1.82, 2.24) is 0 Å². The number of amides is 1. The zero-order valence-corrected chi connectivity index (χ0v) is 22.1. The maximum Gasteiger partial charge on any atom is 0.266 e. The van der Waals surface area contributed by atoms with E-state index in [2.05, 4.69) is 37.2 Å². The lowest BCUT2D eigenvalue weighted by atomic mass is 10.0. The average Bonchev–Trinajstić information content (AvgIpc) is 2.78. The van der Waals surface area contributed by atoms with Gasteiger partial charge in [0, 0.05) is 26.6 Å². The molecular weight excluding hydrogens is 591 g/mol. The van der Waals surface area contributed by atoms with Gasteiger partial charge in [-0.2, -0.15) is 5.26 Å². The minimum atomic E-state index is -0.553. The van der Waals surface area contributed by atoms with Gasteiger partial charge in [-0.1, -0.05) is 73.3 Å². The van der Waals surface area contributed by atoms with Crippen LogP contribution in [0.4, 0.5) is 5.69 Å². The van der Waals surface area contributed by atoms with Crippen molar-refractivity contribution in [2.24, 2.45) is 0 Å². The van der Waals surface area contributed by atoms with Gasteiger partial charge in [0.25, 0.3) is 5.91 Å². The van der Waals surface area contributed by atoms with Gasteiger partial charge in [-0.3, -0.25) is 4.79 Å². The molecule has 33 heavy (non-hydrogen) atoms. The van der Waals surface area contributed by atoms with Crippen LogP contribution in [0.2, 0.25) is 10.0 Å². The van der Waals surface area contributed by atoms with Gasteiger partial charge in [0.15, 0.2) is 0 Å². The van der Waals surface area contributed by atoms with Gasteiger partial charge in [0.1, 0.15) is 17.4 Å². The molecule has 0 radical (unpaired) electrons. The number of ether oxygens (including phenoxy) is 1. The van der Waals surface area contributed by atoms with Crippen molar-refractivity contribution in [1.29, 1.82) is 5.26 Å². The second kappa shape index (κ2) is 11.7. The first kappa shape index (κ1) is 25.3. The van der Waals surface area contributed by atoms with Crippen molar-refractivity contribution in [3.05, 3.63) is 95.9 Å². The molecule has 3 aromatic rings. The molecule has 0 aliphatic rings. The quantitative estimate of drug-likeness (QED) is 0.218. The summed E-state index contributed by atoms with van der Waals surface area (Å²) in [4.78, 5) is 12.7. The van der Waals surface area contributed by atoms with Gasteiger partial charge in [-0.15, -0.1) is 0 Å². The van der Waals surface area contributed by atoms with Crippen molar-refractivity contribution in [2.45, 2.75) is 13.3 Å². The molecule has 0 saturated heterocycles. The Morgan fingerprint density at radius 3 is 2.52 bits per heavy atom. The molecule has 4 nitrogen and oxygen atoms in total. The molecule has 0 spiro atoms. The molecule has 0 aliphatic heterocycles. The number of hydrogen-bond donors (Lipinski definition) is 1. The van der Waals surface area contributed by atoms with Crippen LogP contribution in [0.5, 0.6) is 5.75 Å². The van der Waals surface area contributed by atoms with E-state index in [4.69, 9.17) is 27.9 Å². The number of carbonyl (C=O) groups is 1. The van der Waals surface area contributed by atoms with Crippen LogP contribution >= 0.6 is 55.1 Å². The molecule has 0 heterocycles. The van der Waals surface area contributed by atoms with E-state index in [-0.39, 0.29) is 5.57 Å². The van der Waals surface area contributed by atoms with Crippen LogP contribution in [0.25, 0.3) is 6.08 Å². The number of anilines is 1. The van der Waals surface area contributed by atoms with Crippen LogP contribution in [0, 0.1) is 11.3 Å². The van der Waals surface area contributed by atoms with Crippen molar-refractivity contribution in [3.8, 4) is 11.8 Å². The number of nitrogens with zero attached hydrogens (tertiary/aromatic N) is 1. The van der Waals surface area contributed by atoms with Crippen LogP contribution < -0.4 is 10.1 Å². The number of carbonyl (C=O) groups excluding carboxylic acids is 1. The summed E-state index contributed by atoms with van der Waals surface area (Å²) in [7, 11) is 0. The summed E-state index contributed by atoms with van der Waals surface area (Å²) in [6.07, 6.45) is 2.16. The zero-order chi connectivity index (χ0) is 24.0. The van der Waals surface area contributed by atoms with Crippen LogP contribution in [0.1, 0.15) is 23.6 Å². The lowest BCUT2D eigenvalue weighted by Gasteiger charge is -2.15. The number of halogens is 4. The van der Waals surface area contributed by atoms with Gasteiger partial charge in [0.2, 0.25) is 0 Å². The summed E-state index contributed by atoms with van der Waals surface area (Å²) in [6, 6.07) is 18.3. The molecule has 0 saturated carbocycles. The van der Waals surface area contributed by atoms with Crippen LogP contribution in [-0.2, 0) is 11.2 Å². The highest BCUT2D eigenvalue weighted by atomic mass is 79.9. The summed E-state index contributed by atoms with van der Waals surface area (Å²) >= 11 is 19.1. The standard InChI is InChI=1S/C25H18Br2Cl2N2O2/c1-2-33-24-11-15(10-21(27)19(24)12-16-5-3-4-6-20(16)26)9-17(14-30)25(32)31-18-7-8-22(28)23(29)13-18/h3-11,13H,2,12H2,1H3,(H,31,32)/b17-9+. The van der Waals surface area contributed by atoms with Gasteiger partial charge in [0.05, 0.1) is 16.7 Å². The fourth-order valence-corrected chi connectivity index (χ4v) is 4.41. The first-order chi connectivity index (χ1) is 15.8. The van der Waals surface area contributed by atoms with Crippen molar-refractivity contribution < 1.29 is 9.53 Å². The fourth-order valence-electron chi connectivity index (χ4n) is 3.09. The lowest BCUT2D eigenvalue weighted by Crippen LogP contribution is -2.13. The number of rotatable bonds is 7. The van der Waals surface area contributed by atoms with E-state index < -0.39 is 5.91 Å². The van der Waals surface area contributed by atoms with Gasteiger partial charge in [-0.25, -0.2) is 0 Å². The summed E-state index contributed by atoms with van der Waals surface area (Å²) in [5, 5.41) is 12.9. The maximum atomic E-state index is 12.7. The van der Waals surface area contributed by atoms with E-state index in [0.29, 0.717) is 40.1 Å². The number of nitriles is 1. The van der Waals surface area contributed by atoms with E-state index >= 15 is 0 Å². The largest absolute Gasteiger partial charge is 0.494 e. The molecule has 0 aromatic heterocycles. The summed E-state index contributed by atoms with van der Waals surface area (Å²) in [6.45, 7) is 2.38. The van der Waals surface area contributed by atoms with E-state index in [0.717, 1.165) is 20.1 Å². The Hall–Kier alpha value is -2.30. The zero-order valence-electron chi connectivity index (χ0n) is 17.5. The second-order valence-electron chi connectivity index (χ2n) is 6.93. The van der Waals surface area contributed by atoms with Crippen molar-refractivity contribution in [2.75, 3.05) is 11.9 Å². The van der Waals surface area contributed by atoms with Gasteiger partial charge in [-0.05, 0) is 60.5 Å². The third-order valence-electron chi connectivity index (χ3n) is 4.66. The molecule has 0 fully saturated rings. The Morgan fingerprint density at radius 2 is 1.85 bits per heavy atom. The maximum absolute atomic E-state index is 12.7. The van der Waals surface area contributed by atoms with Crippen molar-refractivity contribution >= 4 is 72.7 Å². The number of hydrogen-bond acceptors (Lipinski definition) is 3. The second-order valence-corrected chi connectivity index (χ2v) is 9.46. The van der Waals surface area contributed by atoms with E-state index in [1.165, 1.54) is 12.1 Å². The summed E-state index contributed by atoms with van der Waals surface area (Å²) in [5.74, 6) is 0.123. The molecule has 0 bridgehead atoms. The Labute approximate surface area is 219 Å². The van der Waals surface area contributed by atoms with E-state index in [1.807, 2.05) is 49.4 Å². The third-order valence-corrected chi connectivity index (χ3v) is 6.88. The Bertz CT molecular complexity index is 1270. The molecule has 0 unspecified atom stereocenters. The van der Waals surface area contributed by atoms with E-state index in [9.17, 15) is 10.1 Å². The SMILES string of the molecule is CCOc1cc(/C=C(\C#N)C(=O)Nc2ccc(Cl)c(Cl)c2)cc(Br)c1Cc1ccccc1Br. The fraction of sp³-hybridized carbons (Fsp3) is 0.120. The molecule has 0 atom stereocenters. The highest BCUT2D eigenvalue weighted by molar-refractivity contribution is 9.10. The first-order valence-corrected chi connectivity index (χ1v) is 12.2. The number of nitrogens with one attached hydrogen (secondary N) is 1. The molecular formula is C25H18Br2Cl2N2O2. The van der Waals surface area contributed by atoms with Crippen LogP contribution in [0.15, 0.2) is 69.1 Å². The minimum Gasteiger partial charge on any atom is -0.494 e. The average molecular weight is 609 g/mol. The molecule has 168 valence electrons. The smallest absolute Gasteiger partial charge is 0.266 e. The van der Waals surface area contributed by atoms with Gasteiger partial charge >= 0.3 is 0 Å². The molecule has 1 amide bonds. The lowest BCUT2D eigenvalue weighted by molar-refractivity contribution is -0.112. The van der Waals surface area contributed by atoms with Crippen LogP contribution in [-0.4, -0.2) is 12.5 Å². The number of benzene rings is 3. The molecule has 3 aromatic carbocycles. The van der Waals surface area contributed by atoms with Gasteiger partial charge < -0.3 is 10.1 Å². The Morgan fingerprint density at radius 1 is 1.09 bits per heavy atom. The highest BCUT2D eigenvalue weighted by Crippen LogP contribution is 2.34. The minimum absolute atomic E-state index is 0.0611. The molecule has 0 aliphatic carbocycles. The Kier molecular flexibility index (Phi) is 8.99. The molecule has 8 heteroatoms. The van der Waals surface area contributed by atoms with E-state index in [1.54, 1.807) is 12.1 Å².